The lowest BCUT2D eigenvalue weighted by atomic mass is 10.1. The quantitative estimate of drug-likeness (QED) is 0.540. The van der Waals surface area contributed by atoms with Crippen molar-refractivity contribution in [1.29, 1.82) is 0 Å². The van der Waals surface area contributed by atoms with Gasteiger partial charge in [-0.15, -0.1) is 0 Å². The Morgan fingerprint density at radius 2 is 2.03 bits per heavy atom. The molecule has 0 saturated carbocycles. The number of morpholine rings is 1. The van der Waals surface area contributed by atoms with Crippen LogP contribution in [0.2, 0.25) is 0 Å². The van der Waals surface area contributed by atoms with Gasteiger partial charge >= 0.3 is 5.76 Å². The molecule has 0 unspecified atom stereocenters. The number of amides is 2. The first-order valence-electron chi connectivity index (χ1n) is 9.68. The number of aliphatic hydroxyl groups excluding tert-OH is 1. The van der Waals surface area contributed by atoms with Gasteiger partial charge in [0.1, 0.15) is 5.82 Å². The monoisotopic (exact) mass is 442 g/mol. The topological polar surface area (TPSA) is 138 Å². The molecule has 0 aliphatic carbocycles. The molecule has 0 radical (unpaired) electrons. The zero-order valence-electron chi connectivity index (χ0n) is 16.9. The van der Waals surface area contributed by atoms with Crippen molar-refractivity contribution >= 4 is 23.2 Å². The van der Waals surface area contributed by atoms with Crippen LogP contribution >= 0.6 is 0 Å². The molecule has 1 fully saturated rings. The lowest BCUT2D eigenvalue weighted by molar-refractivity contribution is -0.150. The standard InChI is InChI=1S/C21H19FN4O6/c1-11-10-13(22)4-7-15(11)26-8-9-31-17(20(26)29)16(27)19(28)23-14-5-2-12(3-6-14)18-24-21(30)32-25-18/h2-7,10,16-17,27H,8-9H2,1H3,(H,23,28)(H,24,25,30)/t16-,17-/m1/s1. The Morgan fingerprint density at radius 3 is 2.69 bits per heavy atom. The molecule has 166 valence electrons. The second-order valence-corrected chi connectivity index (χ2v) is 7.17. The summed E-state index contributed by atoms with van der Waals surface area (Å²) in [6.07, 6.45) is -3.18. The molecule has 3 N–H and O–H groups in total. The lowest BCUT2D eigenvalue weighted by Gasteiger charge is -2.34. The summed E-state index contributed by atoms with van der Waals surface area (Å²) < 4.78 is 23.2. The number of nitrogens with zero attached hydrogens (tertiary/aromatic N) is 2. The van der Waals surface area contributed by atoms with Gasteiger partial charge in [-0.25, -0.2) is 9.18 Å². The fourth-order valence-corrected chi connectivity index (χ4v) is 3.41. The van der Waals surface area contributed by atoms with Crippen LogP contribution in [0, 0.1) is 12.7 Å². The number of halogens is 1. The van der Waals surface area contributed by atoms with E-state index >= 15 is 0 Å². The van der Waals surface area contributed by atoms with Gasteiger partial charge < -0.3 is 20.1 Å². The summed E-state index contributed by atoms with van der Waals surface area (Å²) in [6.45, 7) is 1.97. The summed E-state index contributed by atoms with van der Waals surface area (Å²) in [6, 6.07) is 10.2. The lowest BCUT2D eigenvalue weighted by Crippen LogP contribution is -2.55. The molecule has 1 aliphatic heterocycles. The summed E-state index contributed by atoms with van der Waals surface area (Å²) in [5.74, 6) is -2.32. The highest BCUT2D eigenvalue weighted by atomic mass is 19.1. The van der Waals surface area contributed by atoms with Crippen molar-refractivity contribution < 1.29 is 28.3 Å². The van der Waals surface area contributed by atoms with Gasteiger partial charge in [0.2, 0.25) is 0 Å². The van der Waals surface area contributed by atoms with Crippen LogP contribution in [0.15, 0.2) is 51.8 Å². The summed E-state index contributed by atoms with van der Waals surface area (Å²) in [5.41, 5.74) is 1.92. The van der Waals surface area contributed by atoms with E-state index in [1.165, 1.54) is 35.2 Å². The van der Waals surface area contributed by atoms with Crippen LogP contribution in [0.5, 0.6) is 0 Å². The molecule has 3 aromatic rings. The molecule has 1 aliphatic rings. The van der Waals surface area contributed by atoms with Crippen LogP contribution in [-0.2, 0) is 14.3 Å². The second kappa shape index (κ2) is 8.73. The number of H-pyrrole nitrogens is 1. The van der Waals surface area contributed by atoms with Gasteiger partial charge in [0.15, 0.2) is 18.0 Å². The Hall–Kier alpha value is -3.83. The van der Waals surface area contributed by atoms with E-state index in [-0.39, 0.29) is 19.0 Å². The number of ether oxygens (including phenoxy) is 1. The predicted octanol–water partition coefficient (Wildman–Crippen LogP) is 1.21. The van der Waals surface area contributed by atoms with E-state index in [2.05, 4.69) is 20.0 Å². The number of hydrogen-bond acceptors (Lipinski definition) is 7. The van der Waals surface area contributed by atoms with Crippen molar-refractivity contribution in [3.63, 3.8) is 0 Å². The van der Waals surface area contributed by atoms with E-state index in [0.29, 0.717) is 22.5 Å². The van der Waals surface area contributed by atoms with Gasteiger partial charge in [-0.2, -0.15) is 0 Å². The van der Waals surface area contributed by atoms with Crippen molar-refractivity contribution in [2.45, 2.75) is 19.1 Å². The van der Waals surface area contributed by atoms with E-state index in [9.17, 15) is 23.9 Å². The highest BCUT2D eigenvalue weighted by Crippen LogP contribution is 2.25. The Morgan fingerprint density at radius 1 is 1.28 bits per heavy atom. The number of anilines is 2. The number of carbonyl (C=O) groups excluding carboxylic acids is 2. The summed E-state index contributed by atoms with van der Waals surface area (Å²) >= 11 is 0. The fourth-order valence-electron chi connectivity index (χ4n) is 3.41. The van der Waals surface area contributed by atoms with Gasteiger partial charge in [0, 0.05) is 23.5 Å². The molecule has 1 aromatic heterocycles. The number of nitrogens with one attached hydrogen (secondary N) is 2. The first kappa shape index (κ1) is 21.4. The first-order valence-corrected chi connectivity index (χ1v) is 9.68. The molecule has 4 rings (SSSR count). The van der Waals surface area contributed by atoms with Gasteiger partial charge in [-0.05, 0) is 55.0 Å². The smallest absolute Gasteiger partial charge is 0.380 e. The number of aliphatic hydroxyl groups is 1. The highest BCUT2D eigenvalue weighted by molar-refractivity contribution is 6.04. The number of aromatic amines is 1. The molecular weight excluding hydrogens is 423 g/mol. The minimum Gasteiger partial charge on any atom is -0.380 e. The summed E-state index contributed by atoms with van der Waals surface area (Å²) in [7, 11) is 0. The van der Waals surface area contributed by atoms with E-state index < -0.39 is 35.6 Å². The van der Waals surface area contributed by atoms with Crippen LogP contribution < -0.4 is 16.0 Å². The maximum atomic E-state index is 13.4. The maximum absolute atomic E-state index is 13.4. The minimum absolute atomic E-state index is 0.0994. The van der Waals surface area contributed by atoms with Crippen LogP contribution in [0.25, 0.3) is 11.4 Å². The Kier molecular flexibility index (Phi) is 5.84. The normalized spacial score (nSPS) is 17.3. The Bertz CT molecular complexity index is 1210. The van der Waals surface area contributed by atoms with Crippen LogP contribution in [0.1, 0.15) is 5.56 Å². The largest absolute Gasteiger partial charge is 0.439 e. The van der Waals surface area contributed by atoms with Gasteiger partial charge in [0.25, 0.3) is 11.8 Å². The molecule has 2 amide bonds. The molecule has 2 heterocycles. The average molecular weight is 442 g/mol. The van der Waals surface area contributed by atoms with E-state index in [1.54, 1.807) is 19.1 Å². The predicted molar refractivity (Wildman–Crippen MR) is 110 cm³/mol. The van der Waals surface area contributed by atoms with Crippen LogP contribution in [-0.4, -0.2) is 52.4 Å². The van der Waals surface area contributed by atoms with Crippen LogP contribution in [0.4, 0.5) is 15.8 Å². The molecule has 1 saturated heterocycles. The highest BCUT2D eigenvalue weighted by Gasteiger charge is 2.39. The van der Waals surface area contributed by atoms with E-state index in [4.69, 9.17) is 4.74 Å². The van der Waals surface area contributed by atoms with Crippen molar-refractivity contribution in [3.05, 3.63) is 64.4 Å². The van der Waals surface area contributed by atoms with Gasteiger partial charge in [-0.3, -0.25) is 19.1 Å². The first-order chi connectivity index (χ1) is 15.3. The molecule has 11 heteroatoms. The Balaban J connectivity index is 1.45. The molecule has 2 aromatic carbocycles. The van der Waals surface area contributed by atoms with Crippen molar-refractivity contribution in [2.75, 3.05) is 23.4 Å². The Labute approximate surface area is 180 Å². The molecule has 32 heavy (non-hydrogen) atoms. The van der Waals surface area contributed by atoms with Crippen LogP contribution in [0.3, 0.4) is 0 Å². The number of aryl methyl sites for hydroxylation is 1. The number of benzene rings is 2. The molecule has 0 spiro atoms. The average Bonchev–Trinajstić information content (AvgIpc) is 3.21. The summed E-state index contributed by atoms with van der Waals surface area (Å²) in [5, 5.41) is 16.6. The second-order valence-electron chi connectivity index (χ2n) is 7.17. The van der Waals surface area contributed by atoms with E-state index in [0.717, 1.165) is 0 Å². The minimum atomic E-state index is -1.77. The van der Waals surface area contributed by atoms with Crippen molar-refractivity contribution in [2.24, 2.45) is 0 Å². The third-order valence-electron chi connectivity index (χ3n) is 4.99. The molecular formula is C21H19FN4O6. The van der Waals surface area contributed by atoms with Crippen molar-refractivity contribution in [3.8, 4) is 11.4 Å². The zero-order chi connectivity index (χ0) is 22.8. The maximum Gasteiger partial charge on any atom is 0.439 e. The number of rotatable bonds is 5. The molecule has 0 bridgehead atoms. The third kappa shape index (κ3) is 4.29. The number of aromatic nitrogens is 2. The molecule has 2 atom stereocenters. The molecule has 10 nitrogen and oxygen atoms in total. The van der Waals surface area contributed by atoms with Gasteiger partial charge in [0.05, 0.1) is 6.61 Å². The zero-order valence-corrected chi connectivity index (χ0v) is 16.9. The summed E-state index contributed by atoms with van der Waals surface area (Å²) in [4.78, 5) is 40.2. The third-order valence-corrected chi connectivity index (χ3v) is 4.99. The van der Waals surface area contributed by atoms with Crippen molar-refractivity contribution in [1.82, 2.24) is 10.1 Å². The fraction of sp³-hybridized carbons (Fsp3) is 0.238. The van der Waals surface area contributed by atoms with Gasteiger partial charge in [-0.1, -0.05) is 5.16 Å². The number of carbonyl (C=O) groups is 2. The number of hydrogen-bond donors (Lipinski definition) is 3. The van der Waals surface area contributed by atoms with E-state index in [1.807, 2.05) is 0 Å². The SMILES string of the molecule is Cc1cc(F)ccc1N1CCO[C@H]([C@@H](O)C(=O)Nc2ccc(-c3noc(=O)[nH]3)cc2)C1=O.